The van der Waals surface area contributed by atoms with Crippen LogP contribution in [-0.4, -0.2) is 38.4 Å². The molecule has 0 fully saturated rings. The second-order valence-corrected chi connectivity index (χ2v) is 13.3. The predicted molar refractivity (Wildman–Crippen MR) is 225 cm³/mol. The molecule has 5 heterocycles. The Morgan fingerprint density at radius 1 is 0.316 bits per heavy atom. The molecule has 0 atom stereocenters. The fourth-order valence-corrected chi connectivity index (χ4v) is 7.30. The van der Waals surface area contributed by atoms with Gasteiger partial charge in [-0.1, -0.05) is 72.8 Å². The Labute approximate surface area is 340 Å². The summed E-state index contributed by atoms with van der Waals surface area (Å²) in [6.45, 7) is 0. The van der Waals surface area contributed by atoms with Crippen molar-refractivity contribution in [2.24, 2.45) is 0 Å². The number of nitrogens with zero attached hydrogens (tertiary/aromatic N) is 4. The summed E-state index contributed by atoms with van der Waals surface area (Å²) in [7, 11) is 6.67. The number of hydrogen-bond donors (Lipinski definition) is 0. The molecule has 283 valence electrons. The van der Waals surface area contributed by atoms with Gasteiger partial charge in [0.2, 0.25) is 0 Å². The van der Waals surface area contributed by atoms with E-state index in [0.29, 0.717) is 0 Å². The molecular weight excluding hydrogens is 755 g/mol. The van der Waals surface area contributed by atoms with E-state index in [1.165, 1.54) is 0 Å². The Morgan fingerprint density at radius 3 is 0.719 bits per heavy atom. The molecule has 0 aliphatic carbocycles. The molecule has 8 nitrogen and oxygen atoms in total. The summed E-state index contributed by atoms with van der Waals surface area (Å²) < 4.78 is 22.1. The Hall–Kier alpha value is -6.81. The van der Waals surface area contributed by atoms with Crippen LogP contribution in [0.15, 0.2) is 121 Å². The van der Waals surface area contributed by atoms with E-state index in [9.17, 15) is 0 Å². The van der Waals surface area contributed by atoms with Gasteiger partial charge in [0.25, 0.3) is 0 Å². The van der Waals surface area contributed by atoms with Gasteiger partial charge in [-0.05, 0) is 117 Å². The zero-order chi connectivity index (χ0) is 38.2. The van der Waals surface area contributed by atoms with Gasteiger partial charge >= 0.3 is 0 Å². The van der Waals surface area contributed by atoms with Gasteiger partial charge in [-0.15, -0.1) is 22.1 Å². The molecule has 7 aromatic rings. The number of methoxy groups -OCH3 is 4. The summed E-state index contributed by atoms with van der Waals surface area (Å²) in [5, 5.41) is 0. The van der Waals surface area contributed by atoms with Crippen LogP contribution in [0.25, 0.3) is 90.9 Å². The molecule has 0 N–H and O–H groups in total. The molecule has 2 aliphatic heterocycles. The van der Waals surface area contributed by atoms with Gasteiger partial charge in [-0.3, -0.25) is 0 Å². The van der Waals surface area contributed by atoms with Crippen molar-refractivity contribution in [3.05, 3.63) is 144 Å². The van der Waals surface area contributed by atoms with Crippen LogP contribution in [0.1, 0.15) is 22.8 Å². The van der Waals surface area contributed by atoms with Crippen LogP contribution >= 0.6 is 0 Å². The zero-order valence-electron chi connectivity index (χ0n) is 31.6. The van der Waals surface area contributed by atoms with Gasteiger partial charge in [-0.2, -0.15) is 0 Å². The second kappa shape index (κ2) is 15.7. The summed E-state index contributed by atoms with van der Waals surface area (Å²) in [5.41, 5.74) is 13.7. The summed E-state index contributed by atoms with van der Waals surface area (Å²) in [6.07, 6.45) is 8.23. The van der Waals surface area contributed by atoms with Crippen LogP contribution in [-0.2, 0) is 16.8 Å². The first-order chi connectivity index (χ1) is 27.5. The minimum Gasteiger partial charge on any atom is -0.657 e. The van der Waals surface area contributed by atoms with Crippen molar-refractivity contribution in [1.82, 2.24) is 19.9 Å². The number of aromatic nitrogens is 4. The van der Waals surface area contributed by atoms with Gasteiger partial charge in [0, 0.05) is 16.8 Å². The monoisotopic (exact) mass is 791 g/mol. The summed E-state index contributed by atoms with van der Waals surface area (Å²) in [6, 6.07) is 40.3. The normalized spacial score (nSPS) is 11.6. The van der Waals surface area contributed by atoms with Crippen molar-refractivity contribution in [1.29, 1.82) is 0 Å². The first kappa shape index (κ1) is 37.1. The van der Waals surface area contributed by atoms with E-state index >= 15 is 0 Å². The molecule has 2 aliphatic rings. The minimum absolute atomic E-state index is 0. The minimum atomic E-state index is 0. The zero-order valence-corrected chi connectivity index (χ0v) is 32.7. The standard InChI is InChI=1S/C48H36N4O4.Co/c1-53-33-13-5-29(6-14-33)45-37-21-23-39(49-37)46(30-7-15-34(54-2)16-8-30)41-25-27-43(51-41)48(32-11-19-36(56-4)20-12-32)44-28-26-42(52-44)47(40-24-22-38(45)50-40)31-9-17-35(55-3)18-10-31;/h5-28H,1-4H3;/q-2;. The topological polar surface area (TPSA) is 90.9 Å². The van der Waals surface area contributed by atoms with Crippen LogP contribution in [0.2, 0.25) is 0 Å². The van der Waals surface area contributed by atoms with Gasteiger partial charge < -0.3 is 28.9 Å². The maximum atomic E-state index is 5.52. The first-order valence-corrected chi connectivity index (χ1v) is 18.2. The fourth-order valence-electron chi connectivity index (χ4n) is 7.30. The molecule has 1 radical (unpaired) electrons. The van der Waals surface area contributed by atoms with E-state index in [0.717, 1.165) is 112 Å². The summed E-state index contributed by atoms with van der Waals surface area (Å²) >= 11 is 0. The van der Waals surface area contributed by atoms with Crippen LogP contribution in [0.4, 0.5) is 0 Å². The van der Waals surface area contributed by atoms with Gasteiger partial charge in [0.05, 0.1) is 51.2 Å². The molecule has 57 heavy (non-hydrogen) atoms. The van der Waals surface area contributed by atoms with E-state index in [1.807, 2.05) is 97.1 Å². The third kappa shape index (κ3) is 6.99. The average molecular weight is 792 g/mol. The molecule has 0 unspecified atom stereocenters. The van der Waals surface area contributed by atoms with E-state index in [-0.39, 0.29) is 16.8 Å². The molecule has 8 bridgehead atoms. The van der Waals surface area contributed by atoms with Crippen molar-refractivity contribution in [3.63, 3.8) is 0 Å². The Balaban J connectivity index is 0.00000455. The molecule has 3 aromatic heterocycles. The second-order valence-electron chi connectivity index (χ2n) is 13.3. The quantitative estimate of drug-likeness (QED) is 0.150. The van der Waals surface area contributed by atoms with Crippen LogP contribution in [0.5, 0.6) is 23.0 Å². The van der Waals surface area contributed by atoms with Crippen molar-refractivity contribution in [2.45, 2.75) is 0 Å². The number of ether oxygens (including phenoxy) is 4. The Kier molecular flexibility index (Phi) is 10.3. The molecule has 0 amide bonds. The maximum absolute atomic E-state index is 5.52. The molecule has 0 spiro atoms. The van der Waals surface area contributed by atoms with Crippen molar-refractivity contribution in [3.8, 4) is 67.5 Å². The third-order valence-corrected chi connectivity index (χ3v) is 10.1. The van der Waals surface area contributed by atoms with Crippen molar-refractivity contribution in [2.75, 3.05) is 28.4 Å². The first-order valence-electron chi connectivity index (χ1n) is 18.2. The van der Waals surface area contributed by atoms with Crippen molar-refractivity contribution < 1.29 is 35.7 Å². The molecule has 0 saturated carbocycles. The SMILES string of the molecule is COc1ccc(-c2c3nc(c(-c4ccc(OC)cc4)c4ccc([n-]4)c(-c4ccc(OC)cc4)c4nc(c(-c5ccc(OC)cc5)c5ccc2[n-]5)C=C4)C=C3)cc1.[Co]. The van der Waals surface area contributed by atoms with E-state index in [4.69, 9.17) is 38.9 Å². The van der Waals surface area contributed by atoms with E-state index in [1.54, 1.807) is 28.4 Å². The third-order valence-electron chi connectivity index (χ3n) is 10.1. The van der Waals surface area contributed by atoms with Crippen LogP contribution < -0.4 is 28.9 Å². The van der Waals surface area contributed by atoms with Crippen LogP contribution in [0, 0.1) is 0 Å². The molecular formula is C48H36CoN4O4-2. The van der Waals surface area contributed by atoms with E-state index < -0.39 is 0 Å². The Morgan fingerprint density at radius 2 is 0.526 bits per heavy atom. The molecule has 0 saturated heterocycles. The van der Waals surface area contributed by atoms with Gasteiger partial charge in [-0.25, -0.2) is 9.97 Å². The van der Waals surface area contributed by atoms with Gasteiger partial charge in [0.15, 0.2) is 0 Å². The molecule has 9 rings (SSSR count). The predicted octanol–water partition coefficient (Wildman–Crippen LogP) is 10.6. The average Bonchev–Trinajstić information content (AvgIpc) is 4.10. The number of hydrogen-bond acceptors (Lipinski definition) is 6. The molecule has 4 aromatic carbocycles. The number of rotatable bonds is 8. The van der Waals surface area contributed by atoms with E-state index in [2.05, 4.69) is 48.6 Å². The largest absolute Gasteiger partial charge is 0.657 e. The van der Waals surface area contributed by atoms with Crippen molar-refractivity contribution >= 4 is 46.4 Å². The van der Waals surface area contributed by atoms with Crippen LogP contribution in [0.3, 0.4) is 0 Å². The summed E-state index contributed by atoms with van der Waals surface area (Å²) in [5.74, 6) is 3.06. The number of benzene rings is 4. The summed E-state index contributed by atoms with van der Waals surface area (Å²) in [4.78, 5) is 21.4. The maximum Gasteiger partial charge on any atom is 0.118 e. The smallest absolute Gasteiger partial charge is 0.118 e. The molecule has 9 heteroatoms. The fraction of sp³-hybridized carbons (Fsp3) is 0.0833. The number of fused-ring (bicyclic) bond motifs is 8. The van der Waals surface area contributed by atoms with Gasteiger partial charge in [0.1, 0.15) is 23.0 Å². The Bertz CT molecular complexity index is 2440.